The molecule has 3 heterocycles. The lowest BCUT2D eigenvalue weighted by molar-refractivity contribution is 0.501. The van der Waals surface area contributed by atoms with Gasteiger partial charge in [0.2, 0.25) is 0 Å². The quantitative estimate of drug-likeness (QED) is 0.872. The van der Waals surface area contributed by atoms with Crippen LogP contribution >= 0.6 is 0 Å². The van der Waals surface area contributed by atoms with E-state index in [9.17, 15) is 8.42 Å². The molecule has 1 aliphatic carbocycles. The van der Waals surface area contributed by atoms with Crippen LogP contribution in [0.5, 0.6) is 0 Å². The molecule has 0 radical (unpaired) electrons. The largest absolute Gasteiger partial charge is 0.310 e. The van der Waals surface area contributed by atoms with Crippen molar-refractivity contribution in [3.05, 3.63) is 24.2 Å². The minimum atomic E-state index is -2.94. The number of pyridine rings is 1. The van der Waals surface area contributed by atoms with Crippen LogP contribution in [0, 0.1) is 0 Å². The Hall–Kier alpha value is -1.43. The van der Waals surface area contributed by atoms with E-state index in [2.05, 4.69) is 9.55 Å². The molecule has 5 nitrogen and oxygen atoms in total. The van der Waals surface area contributed by atoms with Gasteiger partial charge in [0.05, 0.1) is 11.0 Å². The van der Waals surface area contributed by atoms with Crippen molar-refractivity contribution >= 4 is 21.0 Å². The molecule has 118 valence electrons. The summed E-state index contributed by atoms with van der Waals surface area (Å²) in [6.45, 7) is 0. The summed E-state index contributed by atoms with van der Waals surface area (Å²) in [7, 11) is -2.94. The summed E-state index contributed by atoms with van der Waals surface area (Å²) >= 11 is 0. The molecule has 4 rings (SSSR count). The summed E-state index contributed by atoms with van der Waals surface area (Å²) in [4.78, 5) is 9.23. The number of rotatable bonds is 3. The van der Waals surface area contributed by atoms with Crippen LogP contribution in [0.15, 0.2) is 18.3 Å². The topological polar surface area (TPSA) is 64.8 Å². The van der Waals surface area contributed by atoms with Gasteiger partial charge in [-0.1, -0.05) is 12.8 Å². The Bertz CT molecular complexity index is 791. The first kappa shape index (κ1) is 14.2. The molecule has 0 bridgehead atoms. The Morgan fingerprint density at radius 1 is 1.18 bits per heavy atom. The highest BCUT2D eigenvalue weighted by Gasteiger charge is 2.34. The molecule has 1 saturated carbocycles. The molecule has 2 fully saturated rings. The van der Waals surface area contributed by atoms with Crippen LogP contribution in [0.3, 0.4) is 0 Å². The molecule has 2 aromatic rings. The van der Waals surface area contributed by atoms with Crippen LogP contribution in [0.4, 0.5) is 0 Å². The van der Waals surface area contributed by atoms with E-state index in [-0.39, 0.29) is 5.25 Å². The number of fused-ring (bicyclic) bond motifs is 1. The van der Waals surface area contributed by atoms with E-state index < -0.39 is 9.84 Å². The molecule has 1 aliphatic heterocycles. The van der Waals surface area contributed by atoms with Crippen molar-refractivity contribution < 1.29 is 8.42 Å². The Balaban J connectivity index is 1.77. The van der Waals surface area contributed by atoms with E-state index in [1.54, 1.807) is 6.20 Å². The maximum absolute atomic E-state index is 12.2. The predicted octanol–water partition coefficient (Wildman–Crippen LogP) is 2.67. The lowest BCUT2D eigenvalue weighted by atomic mass is 10.2. The van der Waals surface area contributed by atoms with Gasteiger partial charge in [-0.15, -0.1) is 0 Å². The molecule has 0 aromatic carbocycles. The molecule has 2 aromatic heterocycles. The zero-order valence-electron chi connectivity index (χ0n) is 12.6. The lowest BCUT2D eigenvalue weighted by Gasteiger charge is -2.17. The highest BCUT2D eigenvalue weighted by atomic mass is 32.2. The molecule has 2 aliphatic rings. The number of nitrogens with zero attached hydrogens (tertiary/aromatic N) is 3. The smallest absolute Gasteiger partial charge is 0.160 e. The number of imidazole rings is 1. The second-order valence-electron chi connectivity index (χ2n) is 6.52. The van der Waals surface area contributed by atoms with Gasteiger partial charge in [0.1, 0.15) is 11.3 Å². The fourth-order valence-electron chi connectivity index (χ4n) is 3.96. The number of hydrogen-bond donors (Lipinski definition) is 0. The molecule has 1 unspecified atom stereocenters. The van der Waals surface area contributed by atoms with Gasteiger partial charge in [0, 0.05) is 18.7 Å². The number of hydrogen-bond acceptors (Lipinski definition) is 4. The van der Waals surface area contributed by atoms with Gasteiger partial charge in [-0.3, -0.25) is 0 Å². The minimum Gasteiger partial charge on any atom is -0.310 e. The fraction of sp³-hybridized carbons (Fsp3) is 0.625. The fourth-order valence-corrected chi connectivity index (χ4v) is 5.79. The molecule has 6 heteroatoms. The van der Waals surface area contributed by atoms with Gasteiger partial charge in [-0.25, -0.2) is 18.4 Å². The van der Waals surface area contributed by atoms with Crippen LogP contribution in [-0.4, -0.2) is 34.0 Å². The third-order valence-electron chi connectivity index (χ3n) is 5.08. The second kappa shape index (κ2) is 5.33. The first-order chi connectivity index (χ1) is 10.6. The second-order valence-corrected chi connectivity index (χ2v) is 8.92. The Morgan fingerprint density at radius 2 is 2.00 bits per heavy atom. The third kappa shape index (κ3) is 2.33. The van der Waals surface area contributed by atoms with Crippen LogP contribution in [0.25, 0.3) is 11.2 Å². The van der Waals surface area contributed by atoms with E-state index in [1.165, 1.54) is 12.8 Å². The highest BCUT2D eigenvalue weighted by molar-refractivity contribution is 7.92. The summed E-state index contributed by atoms with van der Waals surface area (Å²) in [6, 6.07) is 4.30. The van der Waals surface area contributed by atoms with Crippen LogP contribution in [0.1, 0.15) is 50.4 Å². The van der Waals surface area contributed by atoms with Crippen molar-refractivity contribution in [2.75, 3.05) is 5.75 Å². The molecule has 1 atom stereocenters. The van der Waals surface area contributed by atoms with Crippen molar-refractivity contribution in [3.8, 4) is 0 Å². The molecule has 0 spiro atoms. The standard InChI is InChI=1S/C16H21N3O2S/c20-22(21)10-4-7-13(22)11-15-18-14-8-3-9-17-16(14)19(15)12-5-1-2-6-12/h3,8-9,12-13H,1-2,4-7,10-11H2. The van der Waals surface area contributed by atoms with Gasteiger partial charge in [0.15, 0.2) is 15.5 Å². The van der Waals surface area contributed by atoms with E-state index in [0.29, 0.717) is 18.2 Å². The minimum absolute atomic E-state index is 0.260. The SMILES string of the molecule is O=S1(=O)CCCC1Cc1nc2cccnc2n1C1CCCC1. The van der Waals surface area contributed by atoms with Crippen LogP contribution in [0.2, 0.25) is 0 Å². The van der Waals surface area contributed by atoms with E-state index in [1.807, 2.05) is 12.1 Å². The van der Waals surface area contributed by atoms with Crippen molar-refractivity contribution in [1.82, 2.24) is 14.5 Å². The predicted molar refractivity (Wildman–Crippen MR) is 85.5 cm³/mol. The molecular formula is C16H21N3O2S. The van der Waals surface area contributed by atoms with Crippen molar-refractivity contribution in [1.29, 1.82) is 0 Å². The summed E-state index contributed by atoms with van der Waals surface area (Å²) in [6.07, 6.45) is 8.65. The zero-order chi connectivity index (χ0) is 15.2. The van der Waals surface area contributed by atoms with E-state index in [0.717, 1.165) is 42.7 Å². The normalized spacial score (nSPS) is 25.2. The van der Waals surface area contributed by atoms with E-state index >= 15 is 0 Å². The summed E-state index contributed by atoms with van der Waals surface area (Å²) in [5, 5.41) is -0.260. The number of sulfone groups is 1. The van der Waals surface area contributed by atoms with Gasteiger partial charge in [-0.05, 0) is 37.8 Å². The third-order valence-corrected chi connectivity index (χ3v) is 7.36. The first-order valence-corrected chi connectivity index (χ1v) is 9.90. The van der Waals surface area contributed by atoms with Crippen molar-refractivity contribution in [2.45, 2.75) is 56.2 Å². The maximum atomic E-state index is 12.2. The van der Waals surface area contributed by atoms with Crippen molar-refractivity contribution in [3.63, 3.8) is 0 Å². The Labute approximate surface area is 130 Å². The zero-order valence-corrected chi connectivity index (χ0v) is 13.4. The lowest BCUT2D eigenvalue weighted by Crippen LogP contribution is -2.22. The monoisotopic (exact) mass is 319 g/mol. The van der Waals surface area contributed by atoms with Crippen LogP contribution in [-0.2, 0) is 16.3 Å². The Morgan fingerprint density at radius 3 is 2.73 bits per heavy atom. The van der Waals surface area contributed by atoms with Gasteiger partial charge in [0.25, 0.3) is 0 Å². The highest BCUT2D eigenvalue weighted by Crippen LogP contribution is 2.34. The van der Waals surface area contributed by atoms with Crippen molar-refractivity contribution in [2.24, 2.45) is 0 Å². The summed E-state index contributed by atoms with van der Waals surface area (Å²) in [5.74, 6) is 1.25. The van der Waals surface area contributed by atoms with Gasteiger partial charge in [-0.2, -0.15) is 0 Å². The molecular weight excluding hydrogens is 298 g/mol. The molecule has 22 heavy (non-hydrogen) atoms. The average Bonchev–Trinajstić information content (AvgIpc) is 3.18. The van der Waals surface area contributed by atoms with E-state index in [4.69, 9.17) is 4.98 Å². The Kier molecular flexibility index (Phi) is 3.44. The molecule has 0 amide bonds. The summed E-state index contributed by atoms with van der Waals surface area (Å²) in [5.41, 5.74) is 1.81. The molecule has 1 saturated heterocycles. The van der Waals surface area contributed by atoms with Gasteiger partial charge < -0.3 is 4.57 Å². The average molecular weight is 319 g/mol. The first-order valence-electron chi connectivity index (χ1n) is 8.18. The maximum Gasteiger partial charge on any atom is 0.160 e. The number of aromatic nitrogens is 3. The van der Waals surface area contributed by atoms with Crippen LogP contribution < -0.4 is 0 Å². The van der Waals surface area contributed by atoms with Gasteiger partial charge >= 0.3 is 0 Å². The molecule has 0 N–H and O–H groups in total. The summed E-state index contributed by atoms with van der Waals surface area (Å²) < 4.78 is 26.6.